The van der Waals surface area contributed by atoms with Gasteiger partial charge in [-0.15, -0.1) is 6.58 Å². The molecule has 2 atom stereocenters. The van der Waals surface area contributed by atoms with Gasteiger partial charge in [-0.25, -0.2) is 9.59 Å². The maximum absolute atomic E-state index is 11.4. The van der Waals surface area contributed by atoms with Gasteiger partial charge in [-0.1, -0.05) is 17.7 Å². The third-order valence-corrected chi connectivity index (χ3v) is 1.88. The number of hydrogen-bond donors (Lipinski definition) is 0. The van der Waals surface area contributed by atoms with E-state index < -0.39 is 23.6 Å². The maximum Gasteiger partial charge on any atom is 0.350 e. The second-order valence-corrected chi connectivity index (χ2v) is 3.14. The molecule has 0 spiro atoms. The van der Waals surface area contributed by atoms with Crippen LogP contribution in [-0.2, 0) is 23.8 Å². The zero-order valence-corrected chi connectivity index (χ0v) is 10.0. The smallest absolute Gasteiger partial charge is 0.350 e. The van der Waals surface area contributed by atoms with Crippen LogP contribution in [0.25, 0.3) is 0 Å². The fourth-order valence-corrected chi connectivity index (χ4v) is 1.10. The summed E-state index contributed by atoms with van der Waals surface area (Å²) in [5.41, 5.74) is -1.33. The minimum Gasteiger partial charge on any atom is -0.466 e. The highest BCUT2D eigenvalue weighted by Crippen LogP contribution is 2.10. The molecular formula is C10H15ClO5. The van der Waals surface area contributed by atoms with Gasteiger partial charge in [-0.05, 0) is 6.92 Å². The zero-order valence-electron chi connectivity index (χ0n) is 9.27. The minimum atomic E-state index is -1.33. The number of halogens is 1. The number of rotatable bonds is 7. The van der Waals surface area contributed by atoms with E-state index in [-0.39, 0.29) is 13.0 Å². The highest BCUT2D eigenvalue weighted by Gasteiger charge is 2.26. The van der Waals surface area contributed by atoms with Crippen LogP contribution in [-0.4, -0.2) is 37.3 Å². The quantitative estimate of drug-likeness (QED) is 0.387. The lowest BCUT2D eigenvalue weighted by molar-refractivity contribution is -0.164. The lowest BCUT2D eigenvalue weighted by Gasteiger charge is -2.17. The predicted octanol–water partition coefficient (Wildman–Crippen LogP) is 1.25. The van der Waals surface area contributed by atoms with E-state index in [4.69, 9.17) is 21.1 Å². The van der Waals surface area contributed by atoms with Crippen LogP contribution >= 0.6 is 11.6 Å². The molecule has 0 heterocycles. The van der Waals surface area contributed by atoms with Crippen LogP contribution in [0.4, 0.5) is 0 Å². The molecule has 0 saturated heterocycles. The molecule has 0 fully saturated rings. The minimum absolute atomic E-state index is 0.207. The molecule has 16 heavy (non-hydrogen) atoms. The van der Waals surface area contributed by atoms with Crippen LogP contribution in [0.2, 0.25) is 0 Å². The van der Waals surface area contributed by atoms with Crippen LogP contribution in [0.3, 0.4) is 0 Å². The Hall–Kier alpha value is -1.07. The Bertz CT molecular complexity index is 254. The normalized spacial score (nSPS) is 13.7. The summed E-state index contributed by atoms with van der Waals surface area (Å²) in [4.78, 5) is 22.3. The topological polar surface area (TPSA) is 61.8 Å². The number of carbonyl (C=O) groups is 2. The van der Waals surface area contributed by atoms with Gasteiger partial charge >= 0.3 is 11.9 Å². The number of methoxy groups -OCH3 is 1. The van der Waals surface area contributed by atoms with Crippen molar-refractivity contribution < 1.29 is 23.8 Å². The van der Waals surface area contributed by atoms with Gasteiger partial charge in [0.15, 0.2) is 6.10 Å². The molecule has 0 rings (SSSR count). The number of alkyl halides is 1. The Labute approximate surface area is 99.3 Å². The first-order valence-electron chi connectivity index (χ1n) is 4.71. The first-order chi connectivity index (χ1) is 7.56. The third kappa shape index (κ3) is 5.14. The fourth-order valence-electron chi connectivity index (χ4n) is 0.886. The average Bonchev–Trinajstić information content (AvgIpc) is 2.27. The van der Waals surface area contributed by atoms with Crippen LogP contribution in [0.1, 0.15) is 13.3 Å². The standard InChI is InChI=1S/C10H15ClO5/c1-4-6-7(9(12)15-5-2)16-8(11)10(13)14-3/h4,7-8H,1,5-6H2,2-3H3. The van der Waals surface area contributed by atoms with Gasteiger partial charge in [0.25, 0.3) is 0 Å². The molecule has 0 bridgehead atoms. The summed E-state index contributed by atoms with van der Waals surface area (Å²) < 4.78 is 14.1. The van der Waals surface area contributed by atoms with E-state index in [1.807, 2.05) is 0 Å². The maximum atomic E-state index is 11.4. The molecule has 2 unspecified atom stereocenters. The van der Waals surface area contributed by atoms with Crippen molar-refractivity contribution in [1.29, 1.82) is 0 Å². The molecule has 0 aromatic rings. The van der Waals surface area contributed by atoms with Gasteiger partial charge in [0.05, 0.1) is 13.7 Å². The Kier molecular flexibility index (Phi) is 7.58. The molecule has 0 saturated carbocycles. The van der Waals surface area contributed by atoms with Crippen molar-refractivity contribution in [2.75, 3.05) is 13.7 Å². The summed E-state index contributed by atoms with van der Waals surface area (Å²) in [6.45, 7) is 5.36. The highest BCUT2D eigenvalue weighted by atomic mass is 35.5. The van der Waals surface area contributed by atoms with Gasteiger partial charge in [0.2, 0.25) is 5.56 Å². The molecule has 6 heteroatoms. The third-order valence-electron chi connectivity index (χ3n) is 1.60. The molecule has 0 aromatic heterocycles. The predicted molar refractivity (Wildman–Crippen MR) is 58.0 cm³/mol. The molecular weight excluding hydrogens is 236 g/mol. The number of carbonyl (C=O) groups excluding carboxylic acids is 2. The van der Waals surface area contributed by atoms with Crippen molar-refractivity contribution in [3.05, 3.63) is 12.7 Å². The molecule has 0 amide bonds. The summed E-state index contributed by atoms with van der Waals surface area (Å²) in [6.07, 6.45) is 0.737. The lowest BCUT2D eigenvalue weighted by Crippen LogP contribution is -2.32. The molecule has 0 aliphatic heterocycles. The molecule has 0 aromatic carbocycles. The van der Waals surface area contributed by atoms with Gasteiger partial charge in [-0.2, -0.15) is 0 Å². The first-order valence-corrected chi connectivity index (χ1v) is 5.15. The Morgan fingerprint density at radius 2 is 2.06 bits per heavy atom. The van der Waals surface area contributed by atoms with Crippen LogP contribution in [0.5, 0.6) is 0 Å². The second kappa shape index (κ2) is 8.13. The molecule has 0 aliphatic carbocycles. The number of ether oxygens (including phenoxy) is 3. The lowest BCUT2D eigenvalue weighted by atomic mass is 10.2. The van der Waals surface area contributed by atoms with Crippen molar-refractivity contribution in [2.24, 2.45) is 0 Å². The number of esters is 2. The van der Waals surface area contributed by atoms with E-state index in [9.17, 15) is 9.59 Å². The molecule has 0 aliphatic rings. The first kappa shape index (κ1) is 14.9. The molecule has 0 radical (unpaired) electrons. The summed E-state index contributed by atoms with van der Waals surface area (Å²) >= 11 is 5.57. The Morgan fingerprint density at radius 3 is 2.50 bits per heavy atom. The largest absolute Gasteiger partial charge is 0.466 e. The average molecular weight is 251 g/mol. The zero-order chi connectivity index (χ0) is 12.6. The second-order valence-electron chi connectivity index (χ2n) is 2.74. The van der Waals surface area contributed by atoms with E-state index in [1.54, 1.807) is 6.92 Å². The SMILES string of the molecule is C=CCC(OC(Cl)C(=O)OC)C(=O)OCC. The van der Waals surface area contributed by atoms with Crippen molar-refractivity contribution in [3.63, 3.8) is 0 Å². The molecule has 5 nitrogen and oxygen atoms in total. The van der Waals surface area contributed by atoms with Gasteiger partial charge in [0, 0.05) is 6.42 Å². The van der Waals surface area contributed by atoms with E-state index in [2.05, 4.69) is 11.3 Å². The van der Waals surface area contributed by atoms with Gasteiger partial charge in [-0.3, -0.25) is 0 Å². The fraction of sp³-hybridized carbons (Fsp3) is 0.600. The summed E-state index contributed by atoms with van der Waals surface area (Å²) in [6, 6.07) is 0. The summed E-state index contributed by atoms with van der Waals surface area (Å²) in [5.74, 6) is -1.35. The monoisotopic (exact) mass is 250 g/mol. The van der Waals surface area contributed by atoms with E-state index in [1.165, 1.54) is 13.2 Å². The highest BCUT2D eigenvalue weighted by molar-refractivity contribution is 6.28. The van der Waals surface area contributed by atoms with Crippen molar-refractivity contribution in [3.8, 4) is 0 Å². The van der Waals surface area contributed by atoms with Crippen molar-refractivity contribution in [2.45, 2.75) is 25.0 Å². The van der Waals surface area contributed by atoms with E-state index in [0.29, 0.717) is 0 Å². The van der Waals surface area contributed by atoms with E-state index in [0.717, 1.165) is 0 Å². The van der Waals surface area contributed by atoms with E-state index >= 15 is 0 Å². The summed E-state index contributed by atoms with van der Waals surface area (Å²) in [5, 5.41) is 0. The van der Waals surface area contributed by atoms with Crippen LogP contribution in [0, 0.1) is 0 Å². The van der Waals surface area contributed by atoms with Crippen LogP contribution < -0.4 is 0 Å². The molecule has 0 N–H and O–H groups in total. The molecule has 92 valence electrons. The number of hydrogen-bond acceptors (Lipinski definition) is 5. The summed E-state index contributed by atoms with van der Waals surface area (Å²) in [7, 11) is 1.17. The Balaban J connectivity index is 4.37. The Morgan fingerprint density at radius 1 is 1.44 bits per heavy atom. The van der Waals surface area contributed by atoms with Crippen LogP contribution in [0.15, 0.2) is 12.7 Å². The van der Waals surface area contributed by atoms with Crippen molar-refractivity contribution in [1.82, 2.24) is 0 Å². The van der Waals surface area contributed by atoms with Gasteiger partial charge in [0.1, 0.15) is 0 Å². The van der Waals surface area contributed by atoms with Gasteiger partial charge < -0.3 is 14.2 Å². The van der Waals surface area contributed by atoms with Crippen molar-refractivity contribution >= 4 is 23.5 Å².